The van der Waals surface area contributed by atoms with E-state index in [1.165, 1.54) is 0 Å². The summed E-state index contributed by atoms with van der Waals surface area (Å²) in [5.41, 5.74) is 0.636. The topological polar surface area (TPSA) is 51.6 Å². The smallest absolute Gasteiger partial charge is 0.137 e. The molecule has 0 spiro atoms. The summed E-state index contributed by atoms with van der Waals surface area (Å²) in [4.78, 5) is 3.99. The predicted octanol–water partition coefficient (Wildman–Crippen LogP) is 0.988. The largest absolute Gasteiger partial charge is 0.489 e. The number of methoxy groups -OCH3 is 1. The van der Waals surface area contributed by atoms with Crippen LogP contribution in [0.4, 0.5) is 0 Å². The van der Waals surface area contributed by atoms with E-state index in [1.54, 1.807) is 25.4 Å². The Morgan fingerprint density at radius 2 is 2.29 bits per heavy atom. The number of aliphatic hydroxyl groups excluding tert-OH is 1. The third-order valence-corrected chi connectivity index (χ3v) is 1.85. The number of nitrogens with zero attached hydrogens (tertiary/aromatic N) is 1. The molecule has 0 bridgehead atoms. The van der Waals surface area contributed by atoms with Crippen molar-refractivity contribution < 1.29 is 14.6 Å². The first-order valence-corrected chi connectivity index (χ1v) is 4.47. The first-order chi connectivity index (χ1) is 6.76. The Labute approximate surface area is 83.5 Å². The third-order valence-electron chi connectivity index (χ3n) is 1.85. The lowest BCUT2D eigenvalue weighted by Crippen LogP contribution is -2.15. The second-order valence-electron chi connectivity index (χ2n) is 3.00. The van der Waals surface area contributed by atoms with Crippen LogP contribution in [-0.4, -0.2) is 29.9 Å². The Kier molecular flexibility index (Phi) is 4.35. The first kappa shape index (κ1) is 10.9. The standard InChI is InChI=1S/C10H15NO3/c1-8(13-2)7-14-10-4-3-9(6-12)11-5-10/h3-5,8,12H,6-7H2,1-2H3. The molecule has 0 radical (unpaired) electrons. The second kappa shape index (κ2) is 5.57. The molecule has 0 aliphatic carbocycles. The minimum atomic E-state index is -0.0469. The molecule has 78 valence electrons. The third kappa shape index (κ3) is 3.32. The fourth-order valence-corrected chi connectivity index (χ4v) is 0.871. The molecular weight excluding hydrogens is 182 g/mol. The van der Waals surface area contributed by atoms with Gasteiger partial charge in [-0.3, -0.25) is 4.98 Å². The molecular formula is C10H15NO3. The van der Waals surface area contributed by atoms with Gasteiger partial charge in [0.1, 0.15) is 12.4 Å². The fourth-order valence-electron chi connectivity index (χ4n) is 0.871. The molecule has 1 aromatic heterocycles. The minimum absolute atomic E-state index is 0.0469. The highest BCUT2D eigenvalue weighted by Gasteiger charge is 2.01. The maximum absolute atomic E-state index is 8.76. The van der Waals surface area contributed by atoms with Gasteiger partial charge in [0, 0.05) is 7.11 Å². The zero-order valence-corrected chi connectivity index (χ0v) is 8.43. The number of aliphatic hydroxyl groups is 1. The van der Waals surface area contributed by atoms with Gasteiger partial charge >= 0.3 is 0 Å². The summed E-state index contributed by atoms with van der Waals surface area (Å²) < 4.78 is 10.4. The maximum atomic E-state index is 8.76. The summed E-state index contributed by atoms with van der Waals surface area (Å²) in [5.74, 6) is 0.686. The van der Waals surface area contributed by atoms with Crippen molar-refractivity contribution in [1.82, 2.24) is 4.98 Å². The fraction of sp³-hybridized carbons (Fsp3) is 0.500. The Bertz CT molecular complexity index is 261. The molecule has 14 heavy (non-hydrogen) atoms. The molecule has 1 atom stereocenters. The Hall–Kier alpha value is -1.13. The zero-order valence-electron chi connectivity index (χ0n) is 8.43. The highest BCUT2D eigenvalue weighted by atomic mass is 16.5. The van der Waals surface area contributed by atoms with Crippen molar-refractivity contribution in [1.29, 1.82) is 0 Å². The van der Waals surface area contributed by atoms with E-state index >= 15 is 0 Å². The minimum Gasteiger partial charge on any atom is -0.489 e. The first-order valence-electron chi connectivity index (χ1n) is 4.47. The van der Waals surface area contributed by atoms with Gasteiger partial charge in [-0.15, -0.1) is 0 Å². The number of aromatic nitrogens is 1. The van der Waals surface area contributed by atoms with Gasteiger partial charge in [-0.1, -0.05) is 0 Å². The summed E-state index contributed by atoms with van der Waals surface area (Å²) in [6.07, 6.45) is 1.65. The van der Waals surface area contributed by atoms with Crippen molar-refractivity contribution in [3.63, 3.8) is 0 Å². The second-order valence-corrected chi connectivity index (χ2v) is 3.00. The lowest BCUT2D eigenvalue weighted by molar-refractivity contribution is 0.0715. The molecule has 1 heterocycles. The van der Waals surface area contributed by atoms with Crippen molar-refractivity contribution in [2.45, 2.75) is 19.6 Å². The van der Waals surface area contributed by atoms with Crippen LogP contribution >= 0.6 is 0 Å². The molecule has 1 unspecified atom stereocenters. The van der Waals surface area contributed by atoms with Crippen LogP contribution < -0.4 is 4.74 Å². The number of pyridine rings is 1. The normalized spacial score (nSPS) is 12.5. The van der Waals surface area contributed by atoms with Gasteiger partial charge in [0.2, 0.25) is 0 Å². The summed E-state index contributed by atoms with van der Waals surface area (Å²) in [7, 11) is 1.64. The van der Waals surface area contributed by atoms with E-state index in [9.17, 15) is 0 Å². The van der Waals surface area contributed by atoms with Gasteiger partial charge in [0.15, 0.2) is 0 Å². The Balaban J connectivity index is 2.43. The molecule has 1 aromatic rings. The summed E-state index contributed by atoms with van der Waals surface area (Å²) >= 11 is 0. The number of ether oxygens (including phenoxy) is 2. The summed E-state index contributed by atoms with van der Waals surface area (Å²) in [6.45, 7) is 2.38. The van der Waals surface area contributed by atoms with Gasteiger partial charge in [0.05, 0.1) is 24.6 Å². The molecule has 0 aliphatic heterocycles. The average molecular weight is 197 g/mol. The van der Waals surface area contributed by atoms with Crippen molar-refractivity contribution >= 4 is 0 Å². The molecule has 4 heteroatoms. The average Bonchev–Trinajstić information content (AvgIpc) is 2.26. The number of hydrogen-bond donors (Lipinski definition) is 1. The van der Waals surface area contributed by atoms with Crippen molar-refractivity contribution in [3.05, 3.63) is 24.0 Å². The molecule has 0 fully saturated rings. The molecule has 4 nitrogen and oxygen atoms in total. The molecule has 0 saturated carbocycles. The van der Waals surface area contributed by atoms with Gasteiger partial charge in [-0.2, -0.15) is 0 Å². The monoisotopic (exact) mass is 197 g/mol. The van der Waals surface area contributed by atoms with E-state index in [0.717, 1.165) is 0 Å². The highest BCUT2D eigenvalue weighted by molar-refractivity contribution is 5.19. The van der Waals surface area contributed by atoms with Crippen molar-refractivity contribution in [2.75, 3.05) is 13.7 Å². The Morgan fingerprint density at radius 3 is 2.79 bits per heavy atom. The van der Waals surface area contributed by atoms with Crippen LogP contribution in [0.5, 0.6) is 5.75 Å². The van der Waals surface area contributed by atoms with E-state index in [-0.39, 0.29) is 12.7 Å². The van der Waals surface area contributed by atoms with Crippen LogP contribution in [0, 0.1) is 0 Å². The highest BCUT2D eigenvalue weighted by Crippen LogP contribution is 2.09. The molecule has 1 rings (SSSR count). The maximum Gasteiger partial charge on any atom is 0.137 e. The molecule has 0 aliphatic rings. The summed E-state index contributed by atoms with van der Waals surface area (Å²) in [5, 5.41) is 8.76. The SMILES string of the molecule is COC(C)COc1ccc(CO)nc1. The van der Waals surface area contributed by atoms with Crippen molar-refractivity contribution in [3.8, 4) is 5.75 Å². The van der Waals surface area contributed by atoms with Crippen molar-refractivity contribution in [2.24, 2.45) is 0 Å². The molecule has 1 N–H and O–H groups in total. The quantitative estimate of drug-likeness (QED) is 0.764. The zero-order chi connectivity index (χ0) is 10.4. The predicted molar refractivity (Wildman–Crippen MR) is 52.1 cm³/mol. The van der Waals surface area contributed by atoms with E-state index in [2.05, 4.69) is 4.98 Å². The van der Waals surface area contributed by atoms with E-state index in [4.69, 9.17) is 14.6 Å². The lowest BCUT2D eigenvalue weighted by atomic mass is 10.3. The van der Waals surface area contributed by atoms with Crippen LogP contribution in [-0.2, 0) is 11.3 Å². The number of rotatable bonds is 5. The molecule has 0 amide bonds. The van der Waals surface area contributed by atoms with E-state index in [0.29, 0.717) is 18.1 Å². The van der Waals surface area contributed by atoms with E-state index < -0.39 is 0 Å². The van der Waals surface area contributed by atoms with Gasteiger partial charge in [0.25, 0.3) is 0 Å². The number of hydrogen-bond acceptors (Lipinski definition) is 4. The van der Waals surface area contributed by atoms with Gasteiger partial charge < -0.3 is 14.6 Å². The molecule has 0 saturated heterocycles. The lowest BCUT2D eigenvalue weighted by Gasteiger charge is -2.10. The molecule has 0 aromatic carbocycles. The Morgan fingerprint density at radius 1 is 1.50 bits per heavy atom. The van der Waals surface area contributed by atoms with Crippen LogP contribution in [0.15, 0.2) is 18.3 Å². The van der Waals surface area contributed by atoms with Crippen LogP contribution in [0.1, 0.15) is 12.6 Å². The van der Waals surface area contributed by atoms with Crippen LogP contribution in [0.25, 0.3) is 0 Å². The summed E-state index contributed by atoms with van der Waals surface area (Å²) in [6, 6.07) is 3.51. The van der Waals surface area contributed by atoms with Crippen LogP contribution in [0.3, 0.4) is 0 Å². The van der Waals surface area contributed by atoms with E-state index in [1.807, 2.05) is 6.92 Å². The van der Waals surface area contributed by atoms with Gasteiger partial charge in [-0.25, -0.2) is 0 Å². The van der Waals surface area contributed by atoms with Crippen LogP contribution in [0.2, 0.25) is 0 Å². The van der Waals surface area contributed by atoms with Gasteiger partial charge in [-0.05, 0) is 19.1 Å².